The molecule has 0 saturated carbocycles. The highest BCUT2D eigenvalue weighted by Crippen LogP contribution is 2.33. The summed E-state index contributed by atoms with van der Waals surface area (Å²) in [7, 11) is -3.20. The van der Waals surface area contributed by atoms with Crippen LogP contribution in [0.3, 0.4) is 0 Å². The molecule has 0 aliphatic carbocycles. The number of ether oxygens (including phenoxy) is 1. The number of carbonyl (C=O) groups is 1. The van der Waals surface area contributed by atoms with E-state index in [0.29, 0.717) is 18.0 Å². The molecule has 0 fully saturated rings. The highest BCUT2D eigenvalue weighted by molar-refractivity contribution is 7.91. The van der Waals surface area contributed by atoms with Gasteiger partial charge in [-0.15, -0.1) is 0 Å². The number of benzene rings is 2. The lowest BCUT2D eigenvalue weighted by atomic mass is 10.0. The number of nitrogens with one attached hydrogen (secondary N) is 1. The minimum absolute atomic E-state index is 0.0736. The Hall–Kier alpha value is -2.34. The highest BCUT2D eigenvalue weighted by Gasteiger charge is 2.29. The Morgan fingerprint density at radius 3 is 2.58 bits per heavy atom. The fraction of sp³-hybridized carbons (Fsp3) is 0.278. The van der Waals surface area contributed by atoms with E-state index in [1.54, 1.807) is 31.2 Å². The third-order valence-electron chi connectivity index (χ3n) is 4.15. The minimum atomic E-state index is -3.20. The molecule has 1 aliphatic rings. The van der Waals surface area contributed by atoms with Crippen LogP contribution in [0.5, 0.6) is 5.75 Å². The lowest BCUT2D eigenvalue weighted by Crippen LogP contribution is -2.29. The molecule has 1 unspecified atom stereocenters. The summed E-state index contributed by atoms with van der Waals surface area (Å²) in [4.78, 5) is 12.7. The summed E-state index contributed by atoms with van der Waals surface area (Å²) >= 11 is 0. The number of sulfone groups is 1. The van der Waals surface area contributed by atoms with Gasteiger partial charge in [0.25, 0.3) is 0 Å². The Kier molecular flexibility index (Phi) is 4.57. The summed E-state index contributed by atoms with van der Waals surface area (Å²) in [6.07, 6.45) is 0. The highest BCUT2D eigenvalue weighted by atomic mass is 32.2. The van der Waals surface area contributed by atoms with Crippen LogP contribution in [0.2, 0.25) is 0 Å². The number of para-hydroxylation sites is 1. The molecule has 1 amide bonds. The zero-order chi connectivity index (χ0) is 17.2. The van der Waals surface area contributed by atoms with Crippen LogP contribution in [-0.2, 0) is 21.2 Å². The van der Waals surface area contributed by atoms with Gasteiger partial charge in [0.1, 0.15) is 18.3 Å². The Morgan fingerprint density at radius 1 is 1.17 bits per heavy atom. The van der Waals surface area contributed by atoms with Crippen molar-refractivity contribution >= 4 is 15.7 Å². The van der Waals surface area contributed by atoms with Crippen molar-refractivity contribution in [2.24, 2.45) is 0 Å². The molecule has 3 rings (SSSR count). The van der Waals surface area contributed by atoms with Gasteiger partial charge in [0, 0.05) is 12.1 Å². The zero-order valence-electron chi connectivity index (χ0n) is 13.4. The van der Waals surface area contributed by atoms with Crippen molar-refractivity contribution < 1.29 is 17.9 Å². The van der Waals surface area contributed by atoms with Crippen molar-refractivity contribution in [1.82, 2.24) is 5.32 Å². The third-order valence-corrected chi connectivity index (χ3v) is 5.90. The summed E-state index contributed by atoms with van der Waals surface area (Å²) in [5.41, 5.74) is 1.75. The Balaban J connectivity index is 1.63. The van der Waals surface area contributed by atoms with Gasteiger partial charge in [-0.05, 0) is 23.8 Å². The molecule has 6 heteroatoms. The van der Waals surface area contributed by atoms with Gasteiger partial charge < -0.3 is 10.1 Å². The largest absolute Gasteiger partial charge is 0.492 e. The Morgan fingerprint density at radius 2 is 1.88 bits per heavy atom. The Labute approximate surface area is 141 Å². The lowest BCUT2D eigenvalue weighted by molar-refractivity contribution is -0.122. The van der Waals surface area contributed by atoms with E-state index in [9.17, 15) is 13.2 Å². The maximum absolute atomic E-state index is 12.4. The van der Waals surface area contributed by atoms with E-state index in [-0.39, 0.29) is 17.6 Å². The van der Waals surface area contributed by atoms with Crippen molar-refractivity contribution in [2.45, 2.75) is 24.3 Å². The average Bonchev–Trinajstić information content (AvgIpc) is 3.04. The minimum Gasteiger partial charge on any atom is -0.492 e. The molecule has 0 spiro atoms. The van der Waals surface area contributed by atoms with Crippen LogP contribution in [0, 0.1) is 0 Å². The normalized spacial score (nSPS) is 16.3. The summed E-state index contributed by atoms with van der Waals surface area (Å²) in [5, 5.41) is 2.89. The van der Waals surface area contributed by atoms with Crippen molar-refractivity contribution in [3.05, 3.63) is 59.7 Å². The standard InChI is InChI=1S/C18H19NO4S/c1-2-24(21,22)14-9-7-13(8-10-14)11-19-18(20)16-12-23-17-6-4-3-5-15(16)17/h3-10,16H,2,11-12H2,1H3,(H,19,20). The van der Waals surface area contributed by atoms with E-state index in [0.717, 1.165) is 16.9 Å². The van der Waals surface area contributed by atoms with E-state index in [4.69, 9.17) is 4.74 Å². The van der Waals surface area contributed by atoms with Gasteiger partial charge >= 0.3 is 0 Å². The number of hydrogen-bond acceptors (Lipinski definition) is 4. The second-order valence-corrected chi connectivity index (χ2v) is 7.94. The number of amides is 1. The molecule has 2 aromatic rings. The van der Waals surface area contributed by atoms with Gasteiger partial charge in [0.2, 0.25) is 5.91 Å². The van der Waals surface area contributed by atoms with E-state index in [1.165, 1.54) is 0 Å². The molecule has 126 valence electrons. The fourth-order valence-corrected chi connectivity index (χ4v) is 3.56. The van der Waals surface area contributed by atoms with Gasteiger partial charge in [-0.25, -0.2) is 8.42 Å². The zero-order valence-corrected chi connectivity index (χ0v) is 14.2. The molecule has 1 N–H and O–H groups in total. The molecule has 2 aromatic carbocycles. The second kappa shape index (κ2) is 6.65. The molecule has 5 nitrogen and oxygen atoms in total. The molecule has 24 heavy (non-hydrogen) atoms. The van der Waals surface area contributed by atoms with Crippen LogP contribution in [0.25, 0.3) is 0 Å². The molecule has 0 saturated heterocycles. The van der Waals surface area contributed by atoms with E-state index in [1.807, 2.05) is 24.3 Å². The van der Waals surface area contributed by atoms with Crippen LogP contribution < -0.4 is 10.1 Å². The average molecular weight is 345 g/mol. The maximum atomic E-state index is 12.4. The van der Waals surface area contributed by atoms with Gasteiger partial charge in [-0.2, -0.15) is 0 Å². The molecule has 1 heterocycles. The number of carbonyl (C=O) groups excluding carboxylic acids is 1. The van der Waals surface area contributed by atoms with Crippen LogP contribution >= 0.6 is 0 Å². The molecular formula is C18H19NO4S. The first-order chi connectivity index (χ1) is 11.5. The lowest BCUT2D eigenvalue weighted by Gasteiger charge is -2.11. The summed E-state index contributed by atoms with van der Waals surface area (Å²) < 4.78 is 29.1. The molecule has 0 radical (unpaired) electrons. The summed E-state index contributed by atoms with van der Waals surface area (Å²) in [6.45, 7) is 2.31. The van der Waals surface area contributed by atoms with Crippen LogP contribution in [0.1, 0.15) is 24.0 Å². The van der Waals surface area contributed by atoms with Crippen molar-refractivity contribution in [3.8, 4) is 5.75 Å². The van der Waals surface area contributed by atoms with Crippen molar-refractivity contribution in [2.75, 3.05) is 12.4 Å². The quantitative estimate of drug-likeness (QED) is 0.902. The smallest absolute Gasteiger partial charge is 0.231 e. The summed E-state index contributed by atoms with van der Waals surface area (Å²) in [5.74, 6) is 0.433. The number of rotatable bonds is 5. The number of fused-ring (bicyclic) bond motifs is 1. The first-order valence-electron chi connectivity index (χ1n) is 7.82. The predicted octanol–water partition coefficient (Wildman–Crippen LogP) is 2.27. The molecule has 0 bridgehead atoms. The molecular weight excluding hydrogens is 326 g/mol. The topological polar surface area (TPSA) is 72.5 Å². The van der Waals surface area contributed by atoms with Crippen molar-refractivity contribution in [1.29, 1.82) is 0 Å². The Bertz CT molecular complexity index is 844. The fourth-order valence-electron chi connectivity index (χ4n) is 2.67. The third kappa shape index (κ3) is 3.28. The van der Waals surface area contributed by atoms with Gasteiger partial charge in [-0.1, -0.05) is 37.3 Å². The maximum Gasteiger partial charge on any atom is 0.231 e. The van der Waals surface area contributed by atoms with Gasteiger partial charge in [-0.3, -0.25) is 4.79 Å². The van der Waals surface area contributed by atoms with Crippen LogP contribution in [-0.4, -0.2) is 26.7 Å². The molecule has 1 aliphatic heterocycles. The second-order valence-electron chi connectivity index (χ2n) is 5.67. The SMILES string of the molecule is CCS(=O)(=O)c1ccc(CNC(=O)C2COc3ccccc32)cc1. The molecule has 0 aromatic heterocycles. The molecule has 1 atom stereocenters. The number of hydrogen-bond donors (Lipinski definition) is 1. The van der Waals surface area contributed by atoms with Crippen LogP contribution in [0.15, 0.2) is 53.4 Å². The van der Waals surface area contributed by atoms with Gasteiger partial charge in [0.05, 0.1) is 10.6 Å². The monoisotopic (exact) mass is 345 g/mol. The van der Waals surface area contributed by atoms with E-state index in [2.05, 4.69) is 5.32 Å². The summed E-state index contributed by atoms with van der Waals surface area (Å²) in [6, 6.07) is 14.1. The van der Waals surface area contributed by atoms with Gasteiger partial charge in [0.15, 0.2) is 9.84 Å². The van der Waals surface area contributed by atoms with E-state index < -0.39 is 9.84 Å². The first kappa shape index (κ1) is 16.5. The predicted molar refractivity (Wildman–Crippen MR) is 90.7 cm³/mol. The van der Waals surface area contributed by atoms with Crippen LogP contribution in [0.4, 0.5) is 0 Å². The van der Waals surface area contributed by atoms with E-state index >= 15 is 0 Å². The van der Waals surface area contributed by atoms with Crippen molar-refractivity contribution in [3.63, 3.8) is 0 Å². The first-order valence-corrected chi connectivity index (χ1v) is 9.47.